The minimum Gasteiger partial charge on any atom is -0.481 e. The van der Waals surface area contributed by atoms with Crippen molar-refractivity contribution in [3.8, 4) is 0 Å². The zero-order chi connectivity index (χ0) is 13.9. The van der Waals surface area contributed by atoms with E-state index < -0.39 is 34.0 Å². The molecule has 0 aliphatic carbocycles. The first-order chi connectivity index (χ1) is 7.42. The number of carboxylic acids is 1. The zero-order valence-corrected chi connectivity index (χ0v) is 13.7. The van der Waals surface area contributed by atoms with Crippen LogP contribution in [0.15, 0.2) is 0 Å². The highest BCUT2D eigenvalue weighted by Gasteiger charge is 2.33. The van der Waals surface area contributed by atoms with Gasteiger partial charge in [-0.3, -0.25) is 9.59 Å². The number of aliphatic carboxylic acids is 1. The van der Waals surface area contributed by atoms with Crippen LogP contribution in [0.1, 0.15) is 0 Å². The second-order valence-corrected chi connectivity index (χ2v) is 17.8. The van der Waals surface area contributed by atoms with Gasteiger partial charge in [0.15, 0.2) is 5.92 Å². The molecule has 0 aliphatic rings. The van der Waals surface area contributed by atoms with Crippen molar-refractivity contribution in [3.05, 3.63) is 0 Å². The zero-order valence-electron chi connectivity index (χ0n) is 11.7. The third kappa shape index (κ3) is 8.15. The SMILES string of the molecule is C[Si](C)(C)COC(=O)C(C[Si](C)(C)C)C(=O)O. The lowest BCUT2D eigenvalue weighted by Gasteiger charge is -2.22. The molecule has 0 aromatic heterocycles. The molecule has 0 bridgehead atoms. The third-order valence-corrected chi connectivity index (χ3v) is 4.69. The molecule has 17 heavy (non-hydrogen) atoms. The molecule has 1 atom stereocenters. The summed E-state index contributed by atoms with van der Waals surface area (Å²) in [5.74, 6) is -2.62. The molecule has 0 aliphatic heterocycles. The molecule has 0 radical (unpaired) electrons. The average Bonchev–Trinajstić information content (AvgIpc) is 2.07. The molecule has 6 heteroatoms. The summed E-state index contributed by atoms with van der Waals surface area (Å²) in [6.07, 6.45) is 0.390. The smallest absolute Gasteiger partial charge is 0.319 e. The molecule has 100 valence electrons. The number of carbonyl (C=O) groups is 2. The molecule has 0 spiro atoms. The van der Waals surface area contributed by atoms with E-state index in [9.17, 15) is 9.59 Å². The average molecular weight is 276 g/mol. The van der Waals surface area contributed by atoms with Gasteiger partial charge in [-0.15, -0.1) is 0 Å². The van der Waals surface area contributed by atoms with Gasteiger partial charge in [-0.2, -0.15) is 0 Å². The fourth-order valence-corrected chi connectivity index (χ4v) is 3.41. The lowest BCUT2D eigenvalue weighted by atomic mass is 10.2. The molecule has 0 aromatic carbocycles. The Balaban J connectivity index is 4.52. The highest BCUT2D eigenvalue weighted by atomic mass is 28.3. The summed E-state index contributed by atoms with van der Waals surface area (Å²) >= 11 is 0. The van der Waals surface area contributed by atoms with E-state index in [1.54, 1.807) is 0 Å². The molecular weight excluding hydrogens is 252 g/mol. The van der Waals surface area contributed by atoms with Crippen LogP contribution in [-0.4, -0.2) is 39.4 Å². The van der Waals surface area contributed by atoms with Crippen LogP contribution >= 0.6 is 0 Å². The molecule has 0 amide bonds. The maximum atomic E-state index is 11.8. The van der Waals surface area contributed by atoms with E-state index in [-0.39, 0.29) is 0 Å². The van der Waals surface area contributed by atoms with Crippen LogP contribution in [0, 0.1) is 5.92 Å². The van der Waals surface area contributed by atoms with Crippen molar-refractivity contribution in [1.29, 1.82) is 0 Å². The second kappa shape index (κ2) is 5.81. The standard InChI is InChI=1S/C11H24O4Si2/c1-16(2,3)7-9(10(12)13)11(14)15-8-17(4,5)6/h9H,7-8H2,1-6H3,(H,12,13). The number of hydrogen-bond acceptors (Lipinski definition) is 3. The van der Waals surface area contributed by atoms with Gasteiger partial charge in [0.25, 0.3) is 0 Å². The Labute approximate surface area is 105 Å². The van der Waals surface area contributed by atoms with Gasteiger partial charge in [0, 0.05) is 8.07 Å². The Morgan fingerprint density at radius 2 is 1.53 bits per heavy atom. The van der Waals surface area contributed by atoms with Gasteiger partial charge in [0.05, 0.1) is 14.3 Å². The summed E-state index contributed by atoms with van der Waals surface area (Å²) in [6, 6.07) is 0.437. The van der Waals surface area contributed by atoms with E-state index in [2.05, 4.69) is 39.3 Å². The van der Waals surface area contributed by atoms with E-state index in [0.29, 0.717) is 12.3 Å². The van der Waals surface area contributed by atoms with Crippen LogP contribution in [0.4, 0.5) is 0 Å². The lowest BCUT2D eigenvalue weighted by molar-refractivity contribution is -0.156. The topological polar surface area (TPSA) is 63.6 Å². The van der Waals surface area contributed by atoms with Gasteiger partial charge in [-0.05, 0) is 6.04 Å². The molecule has 0 rings (SSSR count). The number of carboxylic acid groups (broad SMARTS) is 1. The predicted octanol–water partition coefficient (Wildman–Crippen LogP) is 2.45. The molecule has 4 nitrogen and oxygen atoms in total. The summed E-state index contributed by atoms with van der Waals surface area (Å²) in [6.45, 7) is 12.4. The summed E-state index contributed by atoms with van der Waals surface area (Å²) in [5.41, 5.74) is 0. The van der Waals surface area contributed by atoms with Crippen LogP contribution in [0.5, 0.6) is 0 Å². The Morgan fingerprint density at radius 3 is 1.82 bits per heavy atom. The van der Waals surface area contributed by atoms with Gasteiger partial charge in [0.1, 0.15) is 0 Å². The number of ether oxygens (including phenoxy) is 1. The molecule has 0 heterocycles. The van der Waals surface area contributed by atoms with Crippen LogP contribution in [-0.2, 0) is 14.3 Å². The molecule has 1 N–H and O–H groups in total. The lowest BCUT2D eigenvalue weighted by Crippen LogP contribution is -2.37. The molecular formula is C11H24O4Si2. The van der Waals surface area contributed by atoms with Gasteiger partial charge in [-0.25, -0.2) is 0 Å². The molecule has 1 unspecified atom stereocenters. The van der Waals surface area contributed by atoms with Crippen molar-refractivity contribution < 1.29 is 19.4 Å². The first-order valence-corrected chi connectivity index (χ1v) is 13.2. The Morgan fingerprint density at radius 1 is 1.06 bits per heavy atom. The molecule has 0 aromatic rings. The van der Waals surface area contributed by atoms with Crippen molar-refractivity contribution >= 4 is 28.1 Å². The molecule has 0 saturated heterocycles. The minimum atomic E-state index is -1.59. The van der Waals surface area contributed by atoms with Crippen molar-refractivity contribution in [2.45, 2.75) is 45.3 Å². The summed E-state index contributed by atoms with van der Waals surface area (Å²) in [5, 5.41) is 9.07. The summed E-state index contributed by atoms with van der Waals surface area (Å²) < 4.78 is 5.14. The van der Waals surface area contributed by atoms with E-state index >= 15 is 0 Å². The largest absolute Gasteiger partial charge is 0.481 e. The van der Waals surface area contributed by atoms with E-state index in [1.165, 1.54) is 0 Å². The highest BCUT2D eigenvalue weighted by molar-refractivity contribution is 6.77. The van der Waals surface area contributed by atoms with Crippen molar-refractivity contribution in [3.63, 3.8) is 0 Å². The van der Waals surface area contributed by atoms with Gasteiger partial charge in [0.2, 0.25) is 0 Å². The first kappa shape index (κ1) is 16.4. The van der Waals surface area contributed by atoms with Gasteiger partial charge >= 0.3 is 11.9 Å². The normalized spacial score (nSPS) is 14.2. The fourth-order valence-electron chi connectivity index (χ4n) is 1.27. The fraction of sp³-hybridized carbons (Fsp3) is 0.818. The summed E-state index contributed by atoms with van der Waals surface area (Å²) in [7, 11) is -3.08. The highest BCUT2D eigenvalue weighted by Crippen LogP contribution is 2.19. The molecule has 0 fully saturated rings. The number of rotatable bonds is 6. The van der Waals surface area contributed by atoms with Crippen LogP contribution in [0.2, 0.25) is 45.3 Å². The second-order valence-electron chi connectivity index (χ2n) is 6.82. The van der Waals surface area contributed by atoms with Crippen LogP contribution in [0.3, 0.4) is 0 Å². The Hall–Kier alpha value is -0.626. The number of hydrogen-bond donors (Lipinski definition) is 1. The minimum absolute atomic E-state index is 0.390. The van der Waals surface area contributed by atoms with Crippen molar-refractivity contribution in [1.82, 2.24) is 0 Å². The first-order valence-electron chi connectivity index (χ1n) is 5.82. The third-order valence-electron chi connectivity index (χ3n) is 2.05. The number of carbonyl (C=O) groups excluding carboxylic acids is 1. The van der Waals surface area contributed by atoms with Gasteiger partial charge in [-0.1, -0.05) is 39.3 Å². The van der Waals surface area contributed by atoms with Crippen molar-refractivity contribution in [2.24, 2.45) is 5.92 Å². The monoisotopic (exact) mass is 276 g/mol. The predicted molar refractivity (Wildman–Crippen MR) is 73.6 cm³/mol. The molecule has 0 saturated carbocycles. The summed E-state index contributed by atoms with van der Waals surface area (Å²) in [4.78, 5) is 22.8. The Bertz CT molecular complexity index is 289. The van der Waals surface area contributed by atoms with Crippen LogP contribution in [0.25, 0.3) is 0 Å². The van der Waals surface area contributed by atoms with Crippen LogP contribution < -0.4 is 0 Å². The maximum absolute atomic E-state index is 11.8. The van der Waals surface area contributed by atoms with E-state index in [0.717, 1.165) is 0 Å². The number of esters is 1. The van der Waals surface area contributed by atoms with Crippen molar-refractivity contribution in [2.75, 3.05) is 6.23 Å². The van der Waals surface area contributed by atoms with E-state index in [1.807, 2.05) is 0 Å². The van der Waals surface area contributed by atoms with E-state index in [4.69, 9.17) is 9.84 Å². The van der Waals surface area contributed by atoms with Gasteiger partial charge < -0.3 is 9.84 Å². The Kier molecular flexibility index (Phi) is 5.60. The quantitative estimate of drug-likeness (QED) is 0.460. The maximum Gasteiger partial charge on any atom is 0.319 e.